The lowest BCUT2D eigenvalue weighted by molar-refractivity contribution is -0.116. The van der Waals surface area contributed by atoms with E-state index in [-0.39, 0.29) is 15.9 Å². The van der Waals surface area contributed by atoms with Crippen molar-refractivity contribution >= 4 is 33.1 Å². The number of hydrogen-bond acceptors (Lipinski definition) is 5. The molecule has 0 unspecified atom stereocenters. The Hall–Kier alpha value is -4.10. The van der Waals surface area contributed by atoms with Gasteiger partial charge in [0.05, 0.1) is 22.8 Å². The van der Waals surface area contributed by atoms with Gasteiger partial charge in [0, 0.05) is 11.8 Å². The number of amides is 1. The van der Waals surface area contributed by atoms with Gasteiger partial charge in [-0.15, -0.1) is 11.3 Å². The highest BCUT2D eigenvalue weighted by atomic mass is 32.1. The van der Waals surface area contributed by atoms with Crippen molar-refractivity contribution in [3.63, 3.8) is 0 Å². The number of nitriles is 1. The van der Waals surface area contributed by atoms with E-state index in [2.05, 4.69) is 5.32 Å². The molecule has 31 heavy (non-hydrogen) atoms. The normalized spacial score (nSPS) is 10.7. The van der Waals surface area contributed by atoms with Crippen LogP contribution in [0.3, 0.4) is 0 Å². The largest absolute Gasteiger partial charge is 0.336 e. The number of benzene rings is 2. The molecule has 154 valence electrons. The Kier molecular flexibility index (Phi) is 5.19. The molecule has 0 aliphatic heterocycles. The van der Waals surface area contributed by atoms with E-state index >= 15 is 0 Å². The Bertz CT molecular complexity index is 1480. The maximum atomic E-state index is 13.7. The van der Waals surface area contributed by atoms with Crippen molar-refractivity contribution in [1.82, 2.24) is 9.13 Å². The molecule has 0 atom stereocenters. The average molecular weight is 438 g/mol. The first kappa shape index (κ1) is 20.2. The molecule has 0 radical (unpaired) electrons. The highest BCUT2D eigenvalue weighted by Crippen LogP contribution is 2.18. The van der Waals surface area contributed by atoms with Crippen LogP contribution in [-0.2, 0) is 11.3 Å². The zero-order chi connectivity index (χ0) is 22.1. The minimum atomic E-state index is -0.950. The number of aromatic nitrogens is 2. The lowest BCUT2D eigenvalue weighted by Gasteiger charge is -2.13. The Morgan fingerprint density at radius 1 is 1.10 bits per heavy atom. The van der Waals surface area contributed by atoms with Crippen LogP contribution in [0.15, 0.2) is 63.5 Å². The monoisotopic (exact) mass is 438 g/mol. The number of carbonyl (C=O) groups excluding carboxylic acids is 1. The zero-order valence-corrected chi connectivity index (χ0v) is 16.5. The first-order chi connectivity index (χ1) is 14.9. The molecule has 0 aliphatic rings. The van der Waals surface area contributed by atoms with E-state index in [0.29, 0.717) is 21.9 Å². The fourth-order valence-electron chi connectivity index (χ4n) is 3.15. The van der Waals surface area contributed by atoms with Crippen molar-refractivity contribution in [2.45, 2.75) is 6.54 Å². The molecule has 0 saturated carbocycles. The molecule has 7 nitrogen and oxygen atoms in total. The second kappa shape index (κ2) is 7.97. The summed E-state index contributed by atoms with van der Waals surface area (Å²) in [5.74, 6) is -2.48. The molecule has 0 spiro atoms. The summed E-state index contributed by atoms with van der Waals surface area (Å²) < 4.78 is 29.2. The molecule has 1 amide bonds. The van der Waals surface area contributed by atoms with Gasteiger partial charge in [-0.25, -0.2) is 18.1 Å². The summed E-state index contributed by atoms with van der Waals surface area (Å²) in [6.07, 6.45) is 0. The Morgan fingerprint density at radius 2 is 1.84 bits per heavy atom. The molecule has 0 saturated heterocycles. The molecule has 4 rings (SSSR count). The second-order valence-electron chi connectivity index (χ2n) is 6.51. The van der Waals surface area contributed by atoms with Gasteiger partial charge in [-0.2, -0.15) is 5.26 Å². The SMILES string of the molecule is N#Cc1cccc(NC(=O)Cn2c(=O)n(-c3cc(F)cc(F)c3)c(=O)c3sccc32)c1. The molecule has 2 aromatic carbocycles. The quantitative estimate of drug-likeness (QED) is 0.530. The molecule has 1 N–H and O–H groups in total. The van der Waals surface area contributed by atoms with E-state index in [4.69, 9.17) is 5.26 Å². The predicted octanol–water partition coefficient (Wildman–Crippen LogP) is 3.00. The van der Waals surface area contributed by atoms with Gasteiger partial charge in [-0.1, -0.05) is 6.07 Å². The average Bonchev–Trinajstić information content (AvgIpc) is 3.21. The van der Waals surface area contributed by atoms with Gasteiger partial charge >= 0.3 is 5.69 Å². The van der Waals surface area contributed by atoms with E-state index in [1.165, 1.54) is 12.1 Å². The van der Waals surface area contributed by atoms with Gasteiger partial charge in [0.1, 0.15) is 22.9 Å². The van der Waals surface area contributed by atoms with Gasteiger partial charge in [-0.3, -0.25) is 14.2 Å². The molecule has 0 aliphatic carbocycles. The molecule has 4 aromatic rings. The van der Waals surface area contributed by atoms with Gasteiger partial charge in [-0.05, 0) is 41.8 Å². The van der Waals surface area contributed by atoms with E-state index in [1.807, 2.05) is 6.07 Å². The van der Waals surface area contributed by atoms with E-state index < -0.39 is 35.3 Å². The molecule has 2 heterocycles. The summed E-state index contributed by atoms with van der Waals surface area (Å²) >= 11 is 1.04. The van der Waals surface area contributed by atoms with Crippen LogP contribution in [0.5, 0.6) is 0 Å². The minimum Gasteiger partial charge on any atom is -0.324 e. The lowest BCUT2D eigenvalue weighted by Crippen LogP contribution is -2.40. The van der Waals surface area contributed by atoms with Crippen LogP contribution in [0.2, 0.25) is 0 Å². The van der Waals surface area contributed by atoms with Gasteiger partial charge in [0.25, 0.3) is 5.56 Å². The first-order valence-corrected chi connectivity index (χ1v) is 9.75. The third-order valence-electron chi connectivity index (χ3n) is 4.44. The lowest BCUT2D eigenvalue weighted by atomic mass is 10.2. The number of halogens is 2. The Balaban J connectivity index is 1.80. The molecular formula is C21H12F2N4O3S. The molecule has 0 fully saturated rings. The van der Waals surface area contributed by atoms with Gasteiger partial charge < -0.3 is 5.32 Å². The number of fused-ring (bicyclic) bond motifs is 1. The summed E-state index contributed by atoms with van der Waals surface area (Å²) in [6.45, 7) is -0.457. The van der Waals surface area contributed by atoms with Crippen molar-refractivity contribution in [3.8, 4) is 11.8 Å². The zero-order valence-electron chi connectivity index (χ0n) is 15.6. The summed E-state index contributed by atoms with van der Waals surface area (Å²) in [6, 6.07) is 12.0. The van der Waals surface area contributed by atoms with Crippen LogP contribution >= 0.6 is 11.3 Å². The van der Waals surface area contributed by atoms with Crippen LogP contribution in [-0.4, -0.2) is 15.0 Å². The molecular weight excluding hydrogens is 426 g/mol. The van der Waals surface area contributed by atoms with Crippen LogP contribution in [0.25, 0.3) is 15.9 Å². The van der Waals surface area contributed by atoms with Crippen molar-refractivity contribution in [1.29, 1.82) is 5.26 Å². The highest BCUT2D eigenvalue weighted by molar-refractivity contribution is 7.17. The molecule has 0 bridgehead atoms. The fourth-order valence-corrected chi connectivity index (χ4v) is 3.97. The third-order valence-corrected chi connectivity index (χ3v) is 5.33. The van der Waals surface area contributed by atoms with Crippen LogP contribution in [0.4, 0.5) is 14.5 Å². The number of hydrogen-bond donors (Lipinski definition) is 1. The molecule has 10 heteroatoms. The number of rotatable bonds is 4. The number of carbonyl (C=O) groups is 1. The Morgan fingerprint density at radius 3 is 2.55 bits per heavy atom. The van der Waals surface area contributed by atoms with Gasteiger partial charge in [0.15, 0.2) is 0 Å². The predicted molar refractivity (Wildman–Crippen MR) is 111 cm³/mol. The van der Waals surface area contributed by atoms with Crippen LogP contribution in [0, 0.1) is 23.0 Å². The maximum absolute atomic E-state index is 13.7. The van der Waals surface area contributed by atoms with E-state index in [0.717, 1.165) is 28.0 Å². The van der Waals surface area contributed by atoms with Crippen LogP contribution < -0.4 is 16.6 Å². The van der Waals surface area contributed by atoms with Crippen molar-refractivity contribution < 1.29 is 13.6 Å². The summed E-state index contributed by atoms with van der Waals surface area (Å²) in [4.78, 5) is 38.5. The summed E-state index contributed by atoms with van der Waals surface area (Å²) in [5, 5.41) is 13.1. The van der Waals surface area contributed by atoms with Crippen molar-refractivity contribution in [3.05, 3.63) is 91.9 Å². The maximum Gasteiger partial charge on any atom is 0.336 e. The molecule has 2 aromatic heterocycles. The smallest absolute Gasteiger partial charge is 0.324 e. The van der Waals surface area contributed by atoms with Crippen molar-refractivity contribution in [2.75, 3.05) is 5.32 Å². The number of anilines is 1. The Labute approximate surface area is 177 Å². The second-order valence-corrected chi connectivity index (χ2v) is 7.43. The standard InChI is InChI=1S/C21H12F2N4O3S/c22-13-7-14(23)9-16(8-13)27-20(29)19-17(4-5-31-19)26(21(27)30)11-18(28)25-15-3-1-2-12(6-15)10-24/h1-9H,11H2,(H,25,28). The summed E-state index contributed by atoms with van der Waals surface area (Å²) in [5.41, 5.74) is -0.996. The number of nitrogens with zero attached hydrogens (tertiary/aromatic N) is 3. The highest BCUT2D eigenvalue weighted by Gasteiger charge is 2.18. The topological polar surface area (TPSA) is 96.9 Å². The summed E-state index contributed by atoms with van der Waals surface area (Å²) in [7, 11) is 0. The van der Waals surface area contributed by atoms with Gasteiger partial charge in [0.2, 0.25) is 5.91 Å². The number of thiophene rings is 1. The number of nitrogens with one attached hydrogen (secondary N) is 1. The minimum absolute atomic E-state index is 0.156. The third kappa shape index (κ3) is 3.86. The first-order valence-electron chi connectivity index (χ1n) is 8.87. The fraction of sp³-hybridized carbons (Fsp3) is 0.0476. The van der Waals surface area contributed by atoms with Crippen LogP contribution in [0.1, 0.15) is 5.56 Å². The van der Waals surface area contributed by atoms with E-state index in [1.54, 1.807) is 23.6 Å². The van der Waals surface area contributed by atoms with Crippen molar-refractivity contribution in [2.24, 2.45) is 0 Å². The van der Waals surface area contributed by atoms with E-state index in [9.17, 15) is 23.2 Å².